The lowest BCUT2D eigenvalue weighted by Crippen LogP contribution is -1.94. The summed E-state index contributed by atoms with van der Waals surface area (Å²) < 4.78 is 0.488. The van der Waals surface area contributed by atoms with Gasteiger partial charge in [-0.25, -0.2) is 4.98 Å². The van der Waals surface area contributed by atoms with Gasteiger partial charge in [-0.3, -0.25) is 0 Å². The first-order valence-electron chi connectivity index (χ1n) is 6.71. The molecule has 23 heavy (non-hydrogen) atoms. The first kappa shape index (κ1) is 16.0. The van der Waals surface area contributed by atoms with E-state index in [1.807, 2.05) is 42.5 Å². The highest BCUT2D eigenvalue weighted by molar-refractivity contribution is 9.10. The standard InChI is InChI=1S/C18H9BrCl2N2/c19-18-15(10-22)14(13-7-6-12(20)8-16(13)21)9-17(23-18)11-4-2-1-3-5-11/h1-9H. The second-order valence-electron chi connectivity index (χ2n) is 4.82. The predicted octanol–water partition coefficient (Wildman–Crippen LogP) is 6.36. The van der Waals surface area contributed by atoms with Crippen molar-refractivity contribution >= 4 is 39.1 Å². The number of hydrogen-bond donors (Lipinski definition) is 0. The van der Waals surface area contributed by atoms with Crippen LogP contribution in [0.3, 0.4) is 0 Å². The van der Waals surface area contributed by atoms with Gasteiger partial charge >= 0.3 is 0 Å². The van der Waals surface area contributed by atoms with Crippen LogP contribution in [0.1, 0.15) is 5.56 Å². The summed E-state index contributed by atoms with van der Waals surface area (Å²) in [4.78, 5) is 4.47. The fourth-order valence-electron chi connectivity index (χ4n) is 2.30. The molecular formula is C18H9BrCl2N2. The van der Waals surface area contributed by atoms with Crippen molar-refractivity contribution < 1.29 is 0 Å². The van der Waals surface area contributed by atoms with Crippen LogP contribution in [0.15, 0.2) is 59.2 Å². The smallest absolute Gasteiger partial charge is 0.125 e. The highest BCUT2D eigenvalue weighted by Gasteiger charge is 2.15. The van der Waals surface area contributed by atoms with Crippen LogP contribution in [-0.4, -0.2) is 4.98 Å². The lowest BCUT2D eigenvalue weighted by molar-refractivity contribution is 1.25. The van der Waals surface area contributed by atoms with Gasteiger partial charge in [0.15, 0.2) is 0 Å². The van der Waals surface area contributed by atoms with Crippen LogP contribution in [0.4, 0.5) is 0 Å². The zero-order valence-corrected chi connectivity index (χ0v) is 14.8. The van der Waals surface area contributed by atoms with Crippen molar-refractivity contribution in [1.29, 1.82) is 5.26 Å². The molecule has 0 aliphatic rings. The Bertz CT molecular complexity index is 918. The van der Waals surface area contributed by atoms with Crippen molar-refractivity contribution in [3.05, 3.63) is 74.8 Å². The fourth-order valence-corrected chi connectivity index (χ4v) is 3.30. The summed E-state index contributed by atoms with van der Waals surface area (Å²) in [5, 5.41) is 10.5. The highest BCUT2D eigenvalue weighted by atomic mass is 79.9. The molecule has 0 spiro atoms. The maximum atomic E-state index is 9.48. The fraction of sp³-hybridized carbons (Fsp3) is 0. The molecule has 112 valence electrons. The van der Waals surface area contributed by atoms with Gasteiger partial charge in [-0.1, -0.05) is 59.6 Å². The number of halogens is 3. The van der Waals surface area contributed by atoms with E-state index in [0.717, 1.165) is 22.4 Å². The third-order valence-corrected chi connectivity index (χ3v) is 4.50. The third-order valence-electron chi connectivity index (χ3n) is 3.38. The minimum atomic E-state index is 0.439. The van der Waals surface area contributed by atoms with Gasteiger partial charge in [0, 0.05) is 26.7 Å². The predicted molar refractivity (Wildman–Crippen MR) is 97.5 cm³/mol. The number of hydrogen-bond acceptors (Lipinski definition) is 2. The molecule has 1 aromatic heterocycles. The maximum absolute atomic E-state index is 9.48. The van der Waals surface area contributed by atoms with Gasteiger partial charge in [0.25, 0.3) is 0 Å². The Morgan fingerprint density at radius 2 is 1.70 bits per heavy atom. The van der Waals surface area contributed by atoms with E-state index in [2.05, 4.69) is 27.0 Å². The SMILES string of the molecule is N#Cc1c(-c2ccc(Cl)cc2Cl)cc(-c2ccccc2)nc1Br. The van der Waals surface area contributed by atoms with Crippen LogP contribution in [0, 0.1) is 11.3 Å². The molecule has 0 aliphatic heterocycles. The molecule has 0 N–H and O–H groups in total. The van der Waals surface area contributed by atoms with E-state index in [4.69, 9.17) is 23.2 Å². The first-order valence-corrected chi connectivity index (χ1v) is 8.26. The second-order valence-corrected chi connectivity index (χ2v) is 6.42. The van der Waals surface area contributed by atoms with Crippen molar-refractivity contribution in [3.8, 4) is 28.5 Å². The summed E-state index contributed by atoms with van der Waals surface area (Å²) in [6, 6.07) is 19.0. The Morgan fingerprint density at radius 1 is 0.957 bits per heavy atom. The number of rotatable bonds is 2. The van der Waals surface area contributed by atoms with Crippen LogP contribution in [0.25, 0.3) is 22.4 Å². The molecule has 0 radical (unpaired) electrons. The van der Waals surface area contributed by atoms with Crippen molar-refractivity contribution in [2.24, 2.45) is 0 Å². The van der Waals surface area contributed by atoms with E-state index < -0.39 is 0 Å². The van der Waals surface area contributed by atoms with Crippen LogP contribution in [-0.2, 0) is 0 Å². The van der Waals surface area contributed by atoms with E-state index >= 15 is 0 Å². The number of nitriles is 1. The summed E-state index contributed by atoms with van der Waals surface area (Å²) in [5.41, 5.74) is 3.62. The third kappa shape index (κ3) is 3.25. The molecule has 2 nitrogen and oxygen atoms in total. The molecule has 1 heterocycles. The Balaban J connectivity index is 2.27. The maximum Gasteiger partial charge on any atom is 0.125 e. The average Bonchev–Trinajstić information content (AvgIpc) is 2.55. The van der Waals surface area contributed by atoms with Crippen molar-refractivity contribution in [1.82, 2.24) is 4.98 Å². The minimum absolute atomic E-state index is 0.439. The van der Waals surface area contributed by atoms with Gasteiger partial charge in [-0.2, -0.15) is 5.26 Å². The lowest BCUT2D eigenvalue weighted by Gasteiger charge is -2.11. The van der Waals surface area contributed by atoms with Crippen LogP contribution >= 0.6 is 39.1 Å². The Labute approximate surface area is 152 Å². The highest BCUT2D eigenvalue weighted by Crippen LogP contribution is 2.36. The molecule has 0 aliphatic carbocycles. The first-order chi connectivity index (χ1) is 11.1. The number of nitrogens with zero attached hydrogens (tertiary/aromatic N) is 2. The van der Waals surface area contributed by atoms with E-state index in [1.165, 1.54) is 0 Å². The van der Waals surface area contributed by atoms with Gasteiger partial charge in [0.2, 0.25) is 0 Å². The zero-order chi connectivity index (χ0) is 16.4. The van der Waals surface area contributed by atoms with Crippen LogP contribution < -0.4 is 0 Å². The summed E-state index contributed by atoms with van der Waals surface area (Å²) in [6.07, 6.45) is 0. The van der Waals surface area contributed by atoms with Crippen molar-refractivity contribution in [2.75, 3.05) is 0 Å². The molecule has 3 aromatic rings. The molecule has 0 saturated carbocycles. The second kappa shape index (κ2) is 6.72. The Morgan fingerprint density at radius 3 is 2.35 bits per heavy atom. The summed E-state index contributed by atoms with van der Waals surface area (Å²) in [6.45, 7) is 0. The van der Waals surface area contributed by atoms with E-state index in [9.17, 15) is 5.26 Å². The molecule has 3 rings (SSSR count). The van der Waals surface area contributed by atoms with Crippen molar-refractivity contribution in [3.63, 3.8) is 0 Å². The van der Waals surface area contributed by atoms with Crippen LogP contribution in [0.5, 0.6) is 0 Å². The number of aromatic nitrogens is 1. The van der Waals surface area contributed by atoms with E-state index in [0.29, 0.717) is 20.2 Å². The zero-order valence-electron chi connectivity index (χ0n) is 11.7. The Hall–Kier alpha value is -1.86. The molecule has 0 saturated heterocycles. The average molecular weight is 404 g/mol. The topological polar surface area (TPSA) is 36.7 Å². The van der Waals surface area contributed by atoms with E-state index in [1.54, 1.807) is 12.1 Å². The minimum Gasteiger partial charge on any atom is -0.239 e. The summed E-state index contributed by atoms with van der Waals surface area (Å²) in [5.74, 6) is 0. The molecule has 2 aromatic carbocycles. The Kier molecular flexibility index (Phi) is 4.68. The largest absolute Gasteiger partial charge is 0.239 e. The molecule has 0 unspecified atom stereocenters. The lowest BCUT2D eigenvalue weighted by atomic mass is 9.99. The van der Waals surface area contributed by atoms with Crippen LogP contribution in [0.2, 0.25) is 10.0 Å². The molecule has 0 bridgehead atoms. The monoisotopic (exact) mass is 402 g/mol. The normalized spacial score (nSPS) is 10.3. The van der Waals surface area contributed by atoms with E-state index in [-0.39, 0.29) is 0 Å². The van der Waals surface area contributed by atoms with Gasteiger partial charge in [-0.05, 0) is 34.1 Å². The summed E-state index contributed by atoms with van der Waals surface area (Å²) >= 11 is 15.7. The van der Waals surface area contributed by atoms with Crippen molar-refractivity contribution in [2.45, 2.75) is 0 Å². The molecular weight excluding hydrogens is 395 g/mol. The number of benzene rings is 2. The van der Waals surface area contributed by atoms with Gasteiger partial charge in [0.1, 0.15) is 10.7 Å². The molecule has 0 fully saturated rings. The number of pyridine rings is 1. The molecule has 0 atom stereocenters. The molecule has 0 amide bonds. The van der Waals surface area contributed by atoms with Gasteiger partial charge in [-0.15, -0.1) is 0 Å². The quantitative estimate of drug-likeness (QED) is 0.467. The summed E-state index contributed by atoms with van der Waals surface area (Å²) in [7, 11) is 0. The van der Waals surface area contributed by atoms with Gasteiger partial charge in [0.05, 0.1) is 11.3 Å². The van der Waals surface area contributed by atoms with Gasteiger partial charge < -0.3 is 0 Å². The molecule has 5 heteroatoms.